The van der Waals surface area contributed by atoms with Crippen molar-refractivity contribution in [2.24, 2.45) is 0 Å². The number of rotatable bonds is 4. The van der Waals surface area contributed by atoms with Crippen LogP contribution >= 0.6 is 0 Å². The lowest BCUT2D eigenvalue weighted by atomic mass is 9.72. The number of benzene rings is 1. The van der Waals surface area contributed by atoms with Crippen LogP contribution in [0, 0.1) is 0 Å². The molecule has 0 spiro atoms. The third kappa shape index (κ3) is 2.90. The summed E-state index contributed by atoms with van der Waals surface area (Å²) in [6.45, 7) is 0. The predicted molar refractivity (Wildman–Crippen MR) is 91.3 cm³/mol. The summed E-state index contributed by atoms with van der Waals surface area (Å²) in [4.78, 5) is 20.6. The Balaban J connectivity index is 1.56. The molecule has 0 radical (unpaired) electrons. The molecule has 1 saturated carbocycles. The predicted octanol–water partition coefficient (Wildman–Crippen LogP) is 3.88. The zero-order valence-corrected chi connectivity index (χ0v) is 14.2. The Morgan fingerprint density at radius 2 is 2.00 bits per heavy atom. The van der Waals surface area contributed by atoms with Crippen LogP contribution in [0.1, 0.15) is 28.3 Å². The molecule has 10 heteroatoms. The van der Waals surface area contributed by atoms with Crippen molar-refractivity contribution in [2.75, 3.05) is 5.32 Å². The number of amides is 1. The minimum atomic E-state index is -4.13. The van der Waals surface area contributed by atoms with Gasteiger partial charge in [-0.25, -0.2) is 0 Å². The summed E-state index contributed by atoms with van der Waals surface area (Å²) in [7, 11) is 0. The quantitative estimate of drug-likeness (QED) is 0.662. The number of H-pyrrole nitrogens is 1. The molecular weight excluding hydrogens is 378 g/mol. The molecule has 1 aromatic carbocycles. The van der Waals surface area contributed by atoms with E-state index in [1.807, 2.05) is 0 Å². The maximum atomic E-state index is 13.7. The first-order valence-electron chi connectivity index (χ1n) is 8.26. The number of alkyl halides is 4. The number of nitrogens with one attached hydrogen (secondary N) is 2. The number of hydrogen-bond acceptors (Lipinski definition) is 4. The molecule has 28 heavy (non-hydrogen) atoms. The number of halogens is 4. The van der Waals surface area contributed by atoms with Crippen molar-refractivity contribution < 1.29 is 22.4 Å². The largest absolute Gasteiger partial charge is 0.319 e. The maximum absolute atomic E-state index is 13.7. The molecule has 0 bridgehead atoms. The molecule has 1 aliphatic carbocycles. The Hall–Kier alpha value is -3.30. The number of aromatic amines is 1. The third-order valence-electron chi connectivity index (χ3n) is 4.64. The van der Waals surface area contributed by atoms with Gasteiger partial charge in [0.15, 0.2) is 0 Å². The van der Waals surface area contributed by atoms with Crippen LogP contribution in [0.15, 0.2) is 49.1 Å². The molecule has 144 valence electrons. The molecular formula is C18H13F4N5O. The molecule has 1 amide bonds. The van der Waals surface area contributed by atoms with Gasteiger partial charge in [0.05, 0.1) is 24.0 Å². The monoisotopic (exact) mass is 391 g/mol. The molecule has 0 aliphatic heterocycles. The number of carbonyl (C=O) groups is 1. The zero-order chi connectivity index (χ0) is 19.9. The molecule has 1 fully saturated rings. The molecule has 2 aromatic heterocycles. The lowest BCUT2D eigenvalue weighted by molar-refractivity contribution is -0.290. The maximum Gasteiger partial charge on any atom is 0.317 e. The summed E-state index contributed by atoms with van der Waals surface area (Å²) in [6.07, 6.45) is 4.85. The van der Waals surface area contributed by atoms with Gasteiger partial charge in [0.25, 0.3) is 5.91 Å². The highest BCUT2D eigenvalue weighted by atomic mass is 19.3. The van der Waals surface area contributed by atoms with Gasteiger partial charge < -0.3 is 5.32 Å². The summed E-state index contributed by atoms with van der Waals surface area (Å²) in [6, 6.07) is 5.31. The van der Waals surface area contributed by atoms with E-state index in [4.69, 9.17) is 0 Å². The Morgan fingerprint density at radius 1 is 1.18 bits per heavy atom. The Morgan fingerprint density at radius 3 is 2.68 bits per heavy atom. The summed E-state index contributed by atoms with van der Waals surface area (Å²) in [5, 5.41) is 9.16. The summed E-state index contributed by atoms with van der Waals surface area (Å²) in [5.74, 6) is -10.4. The van der Waals surface area contributed by atoms with Crippen LogP contribution in [-0.4, -0.2) is 37.9 Å². The van der Waals surface area contributed by atoms with E-state index in [2.05, 4.69) is 25.5 Å². The standard InChI is InChI=1S/C18H13F4N5O/c19-17(20)7-12(18(17,21)22)10-2-1-3-11(6-10)16(28)26-14-9-25-27-15(14)13-8-23-4-5-24-13/h1-6,8-9,12H,7H2,(H,25,27)(H,26,28). The van der Waals surface area contributed by atoms with Crippen LogP contribution in [0.3, 0.4) is 0 Å². The van der Waals surface area contributed by atoms with Crippen molar-refractivity contribution in [1.29, 1.82) is 0 Å². The number of anilines is 1. The van der Waals surface area contributed by atoms with Gasteiger partial charge in [0.1, 0.15) is 11.4 Å². The Bertz CT molecular complexity index is 1020. The molecule has 6 nitrogen and oxygen atoms in total. The zero-order valence-electron chi connectivity index (χ0n) is 14.2. The van der Waals surface area contributed by atoms with Crippen molar-refractivity contribution >= 4 is 11.6 Å². The first-order valence-corrected chi connectivity index (χ1v) is 8.26. The number of carbonyl (C=O) groups excluding carboxylic acids is 1. The van der Waals surface area contributed by atoms with E-state index >= 15 is 0 Å². The first kappa shape index (κ1) is 18.1. The topological polar surface area (TPSA) is 83.6 Å². The molecule has 3 aromatic rings. The third-order valence-corrected chi connectivity index (χ3v) is 4.64. The number of nitrogens with zero attached hydrogens (tertiary/aromatic N) is 3. The fraction of sp³-hybridized carbons (Fsp3) is 0.222. The van der Waals surface area contributed by atoms with Crippen LogP contribution in [0.25, 0.3) is 11.4 Å². The van der Waals surface area contributed by atoms with Crippen molar-refractivity contribution in [3.8, 4) is 11.4 Å². The average Bonchev–Trinajstić information content (AvgIpc) is 3.15. The van der Waals surface area contributed by atoms with Gasteiger partial charge in [-0.15, -0.1) is 0 Å². The highest BCUT2D eigenvalue weighted by Gasteiger charge is 2.71. The van der Waals surface area contributed by atoms with Crippen LogP contribution < -0.4 is 5.32 Å². The van der Waals surface area contributed by atoms with Gasteiger partial charge in [-0.1, -0.05) is 12.1 Å². The fourth-order valence-electron chi connectivity index (χ4n) is 3.07. The highest BCUT2D eigenvalue weighted by Crippen LogP contribution is 2.59. The normalized spacial score (nSPS) is 19.6. The van der Waals surface area contributed by atoms with Crippen LogP contribution in [0.4, 0.5) is 23.2 Å². The number of aromatic nitrogens is 4. The van der Waals surface area contributed by atoms with E-state index in [9.17, 15) is 22.4 Å². The van der Waals surface area contributed by atoms with Crippen LogP contribution in [0.2, 0.25) is 0 Å². The van der Waals surface area contributed by atoms with Crippen molar-refractivity contribution in [1.82, 2.24) is 20.2 Å². The Kier molecular flexibility index (Phi) is 4.13. The molecule has 0 saturated heterocycles. The second-order valence-corrected chi connectivity index (χ2v) is 6.41. The molecule has 2 N–H and O–H groups in total. The van der Waals surface area contributed by atoms with Crippen LogP contribution in [-0.2, 0) is 0 Å². The van der Waals surface area contributed by atoms with E-state index in [1.54, 1.807) is 0 Å². The van der Waals surface area contributed by atoms with E-state index in [0.29, 0.717) is 17.1 Å². The summed E-state index contributed by atoms with van der Waals surface area (Å²) >= 11 is 0. The highest BCUT2D eigenvalue weighted by molar-refractivity contribution is 6.05. The molecule has 1 aliphatic rings. The first-order chi connectivity index (χ1) is 13.3. The molecule has 4 rings (SSSR count). The lowest BCUT2D eigenvalue weighted by Crippen LogP contribution is -2.57. The number of hydrogen-bond donors (Lipinski definition) is 2. The van der Waals surface area contributed by atoms with E-state index in [1.165, 1.54) is 49.1 Å². The molecule has 1 unspecified atom stereocenters. The smallest absolute Gasteiger partial charge is 0.317 e. The summed E-state index contributed by atoms with van der Waals surface area (Å²) < 4.78 is 53.6. The minimum Gasteiger partial charge on any atom is -0.319 e. The van der Waals surface area contributed by atoms with Crippen molar-refractivity contribution in [3.05, 3.63) is 60.2 Å². The van der Waals surface area contributed by atoms with Crippen LogP contribution in [0.5, 0.6) is 0 Å². The average molecular weight is 391 g/mol. The SMILES string of the molecule is O=C(Nc1cn[nH]c1-c1cnccn1)c1cccc(C2CC(F)(F)C2(F)F)c1. The fourth-order valence-corrected chi connectivity index (χ4v) is 3.07. The molecule has 1 atom stereocenters. The lowest BCUT2D eigenvalue weighted by Gasteiger charge is -2.44. The van der Waals surface area contributed by atoms with Gasteiger partial charge in [0.2, 0.25) is 0 Å². The van der Waals surface area contributed by atoms with Gasteiger partial charge in [-0.2, -0.15) is 22.7 Å². The Labute approximate surface area is 156 Å². The van der Waals surface area contributed by atoms with Gasteiger partial charge in [-0.3, -0.25) is 19.9 Å². The van der Waals surface area contributed by atoms with Gasteiger partial charge in [0, 0.05) is 24.4 Å². The summed E-state index contributed by atoms with van der Waals surface area (Å²) in [5.41, 5.74) is 1.24. The van der Waals surface area contributed by atoms with Crippen molar-refractivity contribution in [2.45, 2.75) is 24.2 Å². The van der Waals surface area contributed by atoms with E-state index in [0.717, 1.165) is 0 Å². The molecule has 2 heterocycles. The minimum absolute atomic E-state index is 0.00934. The van der Waals surface area contributed by atoms with E-state index in [-0.39, 0.29) is 11.1 Å². The van der Waals surface area contributed by atoms with Gasteiger partial charge >= 0.3 is 11.8 Å². The van der Waals surface area contributed by atoms with Crippen molar-refractivity contribution in [3.63, 3.8) is 0 Å². The van der Waals surface area contributed by atoms with Gasteiger partial charge in [-0.05, 0) is 17.7 Å². The second-order valence-electron chi connectivity index (χ2n) is 6.41. The van der Waals surface area contributed by atoms with E-state index < -0.39 is 30.1 Å². The second kappa shape index (κ2) is 6.39.